The Morgan fingerprint density at radius 1 is 1.24 bits per heavy atom. The summed E-state index contributed by atoms with van der Waals surface area (Å²) < 4.78 is 5.02. The molecule has 0 bridgehead atoms. The first-order valence-electron chi connectivity index (χ1n) is 6.65. The van der Waals surface area contributed by atoms with Gasteiger partial charge >= 0.3 is 5.97 Å². The summed E-state index contributed by atoms with van der Waals surface area (Å²) in [5, 5.41) is 0.354. The zero-order valence-corrected chi connectivity index (χ0v) is 12.6. The van der Waals surface area contributed by atoms with E-state index in [9.17, 15) is 9.59 Å². The Kier molecular flexibility index (Phi) is 5.03. The van der Waals surface area contributed by atoms with Gasteiger partial charge in [-0.05, 0) is 25.2 Å². The number of amides is 1. The highest BCUT2D eigenvalue weighted by molar-refractivity contribution is 6.31. The number of nitrogens with zero attached hydrogens (tertiary/aromatic N) is 2. The maximum Gasteiger partial charge on any atom is 0.338 e. The molecule has 0 aliphatic carbocycles. The fourth-order valence-electron chi connectivity index (χ4n) is 2.09. The van der Waals surface area contributed by atoms with Crippen molar-refractivity contribution >= 4 is 29.2 Å². The first kappa shape index (κ1) is 15.6. The molecule has 0 aromatic heterocycles. The van der Waals surface area contributed by atoms with Gasteiger partial charge in [-0.3, -0.25) is 4.79 Å². The van der Waals surface area contributed by atoms with Gasteiger partial charge in [0.2, 0.25) is 0 Å². The van der Waals surface area contributed by atoms with Gasteiger partial charge in [-0.25, -0.2) is 4.79 Å². The number of anilines is 1. The molecule has 0 spiro atoms. The van der Waals surface area contributed by atoms with Gasteiger partial charge in [-0.15, -0.1) is 0 Å². The molecule has 1 saturated heterocycles. The Hall–Kier alpha value is -1.79. The van der Waals surface area contributed by atoms with E-state index in [1.807, 2.05) is 7.05 Å². The smallest absolute Gasteiger partial charge is 0.338 e. The number of carbonyl (C=O) groups is 2. The molecular formula is C14H18ClN3O3. The van der Waals surface area contributed by atoms with E-state index >= 15 is 0 Å². The maximum absolute atomic E-state index is 12.0. The number of carbonyl (C=O) groups excluding carboxylic acids is 2. The highest BCUT2D eigenvalue weighted by Gasteiger charge is 2.20. The standard InChI is InChI=1S/C14H18ClN3O3/c1-17-2-4-18(5-3-17)13(19)9-21-14(20)10-6-11(15)8-12(16)7-10/h6-8H,2-5,9,16H2,1H3. The van der Waals surface area contributed by atoms with E-state index in [1.165, 1.54) is 18.2 Å². The quantitative estimate of drug-likeness (QED) is 0.661. The first-order valence-corrected chi connectivity index (χ1v) is 7.03. The van der Waals surface area contributed by atoms with Crippen molar-refractivity contribution in [2.24, 2.45) is 0 Å². The Labute approximate surface area is 128 Å². The average molecular weight is 312 g/mol. The SMILES string of the molecule is CN1CCN(C(=O)COC(=O)c2cc(N)cc(Cl)c2)CC1. The number of ether oxygens (including phenoxy) is 1. The summed E-state index contributed by atoms with van der Waals surface area (Å²) in [5.41, 5.74) is 6.23. The lowest BCUT2D eigenvalue weighted by Gasteiger charge is -2.32. The number of hydrogen-bond donors (Lipinski definition) is 1. The number of esters is 1. The van der Waals surface area contributed by atoms with Crippen LogP contribution in [-0.2, 0) is 9.53 Å². The lowest BCUT2D eigenvalue weighted by molar-refractivity contribution is -0.136. The molecule has 114 valence electrons. The van der Waals surface area contributed by atoms with Crippen molar-refractivity contribution in [3.8, 4) is 0 Å². The van der Waals surface area contributed by atoms with Crippen molar-refractivity contribution < 1.29 is 14.3 Å². The minimum Gasteiger partial charge on any atom is -0.452 e. The number of nitrogens with two attached hydrogens (primary N) is 1. The van der Waals surface area contributed by atoms with Crippen LogP contribution in [0.15, 0.2) is 18.2 Å². The van der Waals surface area contributed by atoms with Gasteiger partial charge in [0.15, 0.2) is 6.61 Å². The maximum atomic E-state index is 12.0. The Balaban J connectivity index is 1.87. The highest BCUT2D eigenvalue weighted by atomic mass is 35.5. The van der Waals surface area contributed by atoms with Gasteiger partial charge < -0.3 is 20.3 Å². The summed E-state index contributed by atoms with van der Waals surface area (Å²) in [7, 11) is 2.01. The Morgan fingerprint density at radius 3 is 2.52 bits per heavy atom. The third kappa shape index (κ3) is 4.34. The second-order valence-corrected chi connectivity index (χ2v) is 5.47. The number of halogens is 1. The molecule has 0 atom stereocenters. The monoisotopic (exact) mass is 311 g/mol. The lowest BCUT2D eigenvalue weighted by atomic mass is 10.2. The predicted octanol–water partition coefficient (Wildman–Crippen LogP) is 0.853. The normalized spacial score (nSPS) is 15.8. The molecule has 21 heavy (non-hydrogen) atoms. The van der Waals surface area contributed by atoms with E-state index in [0.717, 1.165) is 13.1 Å². The van der Waals surface area contributed by atoms with Crippen LogP contribution in [0.3, 0.4) is 0 Å². The van der Waals surface area contributed by atoms with Crippen LogP contribution in [0.4, 0.5) is 5.69 Å². The van der Waals surface area contributed by atoms with Gasteiger partial charge in [0, 0.05) is 36.9 Å². The molecular weight excluding hydrogens is 294 g/mol. The van der Waals surface area contributed by atoms with E-state index in [-0.39, 0.29) is 18.1 Å². The van der Waals surface area contributed by atoms with Crippen LogP contribution in [0.25, 0.3) is 0 Å². The summed E-state index contributed by atoms with van der Waals surface area (Å²) in [4.78, 5) is 27.7. The van der Waals surface area contributed by atoms with Crippen molar-refractivity contribution in [2.75, 3.05) is 45.6 Å². The van der Waals surface area contributed by atoms with Crippen LogP contribution in [0.2, 0.25) is 5.02 Å². The average Bonchev–Trinajstić information content (AvgIpc) is 2.44. The van der Waals surface area contributed by atoms with Crippen LogP contribution in [0.5, 0.6) is 0 Å². The molecule has 0 saturated carbocycles. The third-order valence-corrected chi connectivity index (χ3v) is 3.56. The first-order chi connectivity index (χ1) is 9.95. The largest absolute Gasteiger partial charge is 0.452 e. The van der Waals surface area contributed by atoms with Crippen molar-refractivity contribution in [3.05, 3.63) is 28.8 Å². The van der Waals surface area contributed by atoms with Gasteiger partial charge in [-0.2, -0.15) is 0 Å². The second-order valence-electron chi connectivity index (χ2n) is 5.03. The van der Waals surface area contributed by atoms with Crippen LogP contribution >= 0.6 is 11.6 Å². The highest BCUT2D eigenvalue weighted by Crippen LogP contribution is 2.17. The second kappa shape index (κ2) is 6.78. The molecule has 1 fully saturated rings. The summed E-state index contributed by atoms with van der Waals surface area (Å²) in [5.74, 6) is -0.793. The van der Waals surface area contributed by atoms with Crippen molar-refractivity contribution in [2.45, 2.75) is 0 Å². The van der Waals surface area contributed by atoms with E-state index in [2.05, 4.69) is 4.90 Å². The number of piperazine rings is 1. The fourth-order valence-corrected chi connectivity index (χ4v) is 2.33. The molecule has 1 amide bonds. The molecule has 2 N–H and O–H groups in total. The molecule has 1 aromatic carbocycles. The van der Waals surface area contributed by atoms with E-state index in [0.29, 0.717) is 23.8 Å². The van der Waals surface area contributed by atoms with Crippen LogP contribution in [-0.4, -0.2) is 61.5 Å². The fraction of sp³-hybridized carbons (Fsp3) is 0.429. The van der Waals surface area contributed by atoms with Crippen LogP contribution in [0, 0.1) is 0 Å². The van der Waals surface area contributed by atoms with E-state index < -0.39 is 5.97 Å². The van der Waals surface area contributed by atoms with Gasteiger partial charge in [0.05, 0.1) is 5.56 Å². The number of nitrogen functional groups attached to an aromatic ring is 1. The van der Waals surface area contributed by atoms with Crippen molar-refractivity contribution in [3.63, 3.8) is 0 Å². The number of likely N-dealkylation sites (N-methyl/N-ethyl adjacent to an activating group) is 1. The molecule has 2 rings (SSSR count). The molecule has 1 heterocycles. The topological polar surface area (TPSA) is 75.9 Å². The third-order valence-electron chi connectivity index (χ3n) is 3.34. The zero-order chi connectivity index (χ0) is 15.4. The summed E-state index contributed by atoms with van der Waals surface area (Å²) >= 11 is 5.82. The molecule has 1 aliphatic heterocycles. The molecule has 1 aromatic rings. The zero-order valence-electron chi connectivity index (χ0n) is 11.8. The molecule has 0 radical (unpaired) electrons. The minimum atomic E-state index is -0.605. The summed E-state index contributed by atoms with van der Waals surface area (Å²) in [6, 6.07) is 4.46. The van der Waals surface area contributed by atoms with E-state index in [4.69, 9.17) is 22.1 Å². The van der Waals surface area contributed by atoms with Crippen molar-refractivity contribution in [1.29, 1.82) is 0 Å². The van der Waals surface area contributed by atoms with Gasteiger partial charge in [0.1, 0.15) is 0 Å². The number of hydrogen-bond acceptors (Lipinski definition) is 5. The van der Waals surface area contributed by atoms with Crippen molar-refractivity contribution in [1.82, 2.24) is 9.80 Å². The minimum absolute atomic E-state index is 0.188. The summed E-state index contributed by atoms with van der Waals surface area (Å²) in [6.07, 6.45) is 0. The van der Waals surface area contributed by atoms with Crippen LogP contribution < -0.4 is 5.73 Å². The van der Waals surface area contributed by atoms with Crippen LogP contribution in [0.1, 0.15) is 10.4 Å². The Bertz CT molecular complexity index is 522. The predicted molar refractivity (Wildman–Crippen MR) is 80.2 cm³/mol. The molecule has 0 unspecified atom stereocenters. The van der Waals surface area contributed by atoms with Gasteiger partial charge in [-0.1, -0.05) is 11.6 Å². The summed E-state index contributed by atoms with van der Waals surface area (Å²) in [6.45, 7) is 2.68. The number of benzene rings is 1. The Morgan fingerprint density at radius 2 is 1.90 bits per heavy atom. The van der Waals surface area contributed by atoms with E-state index in [1.54, 1.807) is 4.90 Å². The molecule has 1 aliphatic rings. The molecule has 7 heteroatoms. The number of rotatable bonds is 3. The molecule has 6 nitrogen and oxygen atoms in total. The lowest BCUT2D eigenvalue weighted by Crippen LogP contribution is -2.48. The van der Waals surface area contributed by atoms with Gasteiger partial charge in [0.25, 0.3) is 5.91 Å².